The molecule has 0 aromatic carbocycles. The summed E-state index contributed by atoms with van der Waals surface area (Å²) in [5.41, 5.74) is 6.13. The second-order valence-electron chi connectivity index (χ2n) is 8.53. The van der Waals surface area contributed by atoms with Crippen LogP contribution >= 0.6 is 0 Å². The SMILES string of the molecule is CC1CCC(N(C(N)=O)C2CCC(C(C)(C)C)CC2)CC1. The van der Waals surface area contributed by atoms with Gasteiger partial charge in [0, 0.05) is 12.1 Å². The van der Waals surface area contributed by atoms with Crippen molar-refractivity contribution in [3.8, 4) is 0 Å². The van der Waals surface area contributed by atoms with Crippen molar-refractivity contribution in [2.24, 2.45) is 23.0 Å². The third-order valence-electron chi connectivity index (χ3n) is 5.95. The molecule has 2 fully saturated rings. The summed E-state index contributed by atoms with van der Waals surface area (Å²) in [5.74, 6) is 1.60. The lowest BCUT2D eigenvalue weighted by Gasteiger charge is -2.44. The first kappa shape index (κ1) is 16.6. The van der Waals surface area contributed by atoms with E-state index in [1.165, 1.54) is 25.7 Å². The van der Waals surface area contributed by atoms with Crippen molar-refractivity contribution in [3.05, 3.63) is 0 Å². The van der Waals surface area contributed by atoms with Crippen molar-refractivity contribution in [2.75, 3.05) is 0 Å². The van der Waals surface area contributed by atoms with Crippen LogP contribution in [0.3, 0.4) is 0 Å². The van der Waals surface area contributed by atoms with Gasteiger partial charge in [-0.05, 0) is 68.6 Å². The number of nitrogens with zero attached hydrogens (tertiary/aromatic N) is 1. The number of nitrogens with two attached hydrogens (primary N) is 1. The van der Waals surface area contributed by atoms with E-state index in [0.29, 0.717) is 17.5 Å². The van der Waals surface area contributed by atoms with E-state index >= 15 is 0 Å². The third-order valence-corrected chi connectivity index (χ3v) is 5.95. The van der Waals surface area contributed by atoms with Gasteiger partial charge in [0.25, 0.3) is 0 Å². The predicted octanol–water partition coefficient (Wildman–Crippen LogP) is 4.55. The summed E-state index contributed by atoms with van der Waals surface area (Å²) in [5, 5.41) is 0. The number of hydrogen-bond donors (Lipinski definition) is 1. The highest BCUT2D eigenvalue weighted by atomic mass is 16.2. The Labute approximate surface area is 130 Å². The summed E-state index contributed by atoms with van der Waals surface area (Å²) in [6, 6.07) is 0.600. The van der Waals surface area contributed by atoms with Gasteiger partial charge in [-0.15, -0.1) is 0 Å². The maximum absolute atomic E-state index is 12.0. The summed E-state index contributed by atoms with van der Waals surface area (Å²) < 4.78 is 0. The maximum atomic E-state index is 12.0. The Morgan fingerprint density at radius 2 is 1.33 bits per heavy atom. The lowest BCUT2D eigenvalue weighted by Crippen LogP contribution is -2.52. The van der Waals surface area contributed by atoms with Crippen LogP contribution in [0.15, 0.2) is 0 Å². The molecule has 3 heteroatoms. The first-order chi connectivity index (χ1) is 9.79. The highest BCUT2D eigenvalue weighted by Gasteiger charge is 2.36. The number of rotatable bonds is 2. The fraction of sp³-hybridized carbons (Fsp3) is 0.944. The molecule has 2 aliphatic carbocycles. The van der Waals surface area contributed by atoms with Crippen LogP contribution in [0.5, 0.6) is 0 Å². The van der Waals surface area contributed by atoms with E-state index in [9.17, 15) is 4.79 Å². The van der Waals surface area contributed by atoms with Crippen molar-refractivity contribution >= 4 is 6.03 Å². The van der Waals surface area contributed by atoms with Crippen molar-refractivity contribution in [1.29, 1.82) is 0 Å². The lowest BCUT2D eigenvalue weighted by atomic mass is 9.71. The summed E-state index contributed by atoms with van der Waals surface area (Å²) >= 11 is 0. The van der Waals surface area contributed by atoms with Gasteiger partial charge in [-0.3, -0.25) is 0 Å². The molecule has 2 amide bonds. The number of amides is 2. The summed E-state index contributed by atoms with van der Waals surface area (Å²) in [7, 11) is 0. The standard InChI is InChI=1S/C18H34N2O/c1-13-5-9-15(10-6-13)20(17(19)21)16-11-7-14(8-12-16)18(2,3)4/h13-16H,5-12H2,1-4H3,(H2,19,21). The Balaban J connectivity index is 1.96. The summed E-state index contributed by atoms with van der Waals surface area (Å²) in [6.45, 7) is 9.34. The van der Waals surface area contributed by atoms with Gasteiger partial charge in [0.05, 0.1) is 0 Å². The summed E-state index contributed by atoms with van der Waals surface area (Å²) in [4.78, 5) is 14.1. The van der Waals surface area contributed by atoms with E-state index in [2.05, 4.69) is 32.6 Å². The lowest BCUT2D eigenvalue weighted by molar-refractivity contribution is 0.0734. The van der Waals surface area contributed by atoms with Crippen LogP contribution < -0.4 is 5.73 Å². The van der Waals surface area contributed by atoms with Crippen LogP contribution in [0.2, 0.25) is 0 Å². The molecule has 2 rings (SSSR count). The van der Waals surface area contributed by atoms with Gasteiger partial charge in [0.2, 0.25) is 0 Å². The number of carbonyl (C=O) groups excluding carboxylic acids is 1. The highest BCUT2D eigenvalue weighted by molar-refractivity contribution is 5.72. The smallest absolute Gasteiger partial charge is 0.315 e. The van der Waals surface area contributed by atoms with Gasteiger partial charge >= 0.3 is 6.03 Å². The molecule has 2 N–H and O–H groups in total. The molecule has 2 saturated carbocycles. The molecular formula is C18H34N2O. The van der Waals surface area contributed by atoms with E-state index in [1.54, 1.807) is 0 Å². The second kappa shape index (κ2) is 6.58. The molecule has 0 aliphatic heterocycles. The van der Waals surface area contributed by atoms with Crippen LogP contribution in [0.1, 0.15) is 79.1 Å². The van der Waals surface area contributed by atoms with Crippen LogP contribution in [0, 0.1) is 17.3 Å². The molecular weight excluding hydrogens is 260 g/mol. The van der Waals surface area contributed by atoms with E-state index in [0.717, 1.165) is 37.5 Å². The first-order valence-corrected chi connectivity index (χ1v) is 8.86. The van der Waals surface area contributed by atoms with Gasteiger partial charge in [-0.1, -0.05) is 27.7 Å². The molecule has 0 heterocycles. The largest absolute Gasteiger partial charge is 0.351 e. The van der Waals surface area contributed by atoms with Crippen LogP contribution in [-0.4, -0.2) is 23.0 Å². The fourth-order valence-corrected chi connectivity index (χ4v) is 4.40. The zero-order valence-electron chi connectivity index (χ0n) is 14.4. The number of hydrogen-bond acceptors (Lipinski definition) is 1. The van der Waals surface area contributed by atoms with Crippen molar-refractivity contribution < 1.29 is 4.79 Å². The second-order valence-corrected chi connectivity index (χ2v) is 8.53. The molecule has 0 unspecified atom stereocenters. The average molecular weight is 294 g/mol. The molecule has 21 heavy (non-hydrogen) atoms. The van der Waals surface area contributed by atoms with Crippen LogP contribution in [-0.2, 0) is 0 Å². The van der Waals surface area contributed by atoms with Gasteiger partial charge in [-0.2, -0.15) is 0 Å². The molecule has 0 bridgehead atoms. The highest BCUT2D eigenvalue weighted by Crippen LogP contribution is 2.40. The molecule has 122 valence electrons. The minimum absolute atomic E-state index is 0.186. The Hall–Kier alpha value is -0.730. The third kappa shape index (κ3) is 4.14. The Morgan fingerprint density at radius 1 is 0.905 bits per heavy atom. The monoisotopic (exact) mass is 294 g/mol. The molecule has 0 aromatic rings. The van der Waals surface area contributed by atoms with Gasteiger partial charge in [0.15, 0.2) is 0 Å². The number of carbonyl (C=O) groups is 1. The molecule has 0 saturated heterocycles. The molecule has 0 spiro atoms. The fourth-order valence-electron chi connectivity index (χ4n) is 4.40. The van der Waals surface area contributed by atoms with Gasteiger partial charge in [0.1, 0.15) is 0 Å². The van der Waals surface area contributed by atoms with E-state index in [1.807, 2.05) is 0 Å². The topological polar surface area (TPSA) is 46.3 Å². The molecule has 0 aromatic heterocycles. The molecule has 3 nitrogen and oxygen atoms in total. The molecule has 0 atom stereocenters. The zero-order valence-corrected chi connectivity index (χ0v) is 14.4. The molecule has 0 radical (unpaired) electrons. The van der Waals surface area contributed by atoms with Crippen LogP contribution in [0.4, 0.5) is 4.79 Å². The maximum Gasteiger partial charge on any atom is 0.315 e. The van der Waals surface area contributed by atoms with Gasteiger partial charge < -0.3 is 10.6 Å². The Bertz CT molecular complexity index is 345. The minimum Gasteiger partial charge on any atom is -0.351 e. The predicted molar refractivity (Wildman–Crippen MR) is 88.0 cm³/mol. The average Bonchev–Trinajstić information content (AvgIpc) is 2.40. The van der Waals surface area contributed by atoms with Crippen molar-refractivity contribution in [3.63, 3.8) is 0 Å². The summed E-state index contributed by atoms with van der Waals surface area (Å²) in [6.07, 6.45) is 9.51. The van der Waals surface area contributed by atoms with E-state index in [4.69, 9.17) is 5.73 Å². The first-order valence-electron chi connectivity index (χ1n) is 8.86. The zero-order chi connectivity index (χ0) is 15.6. The van der Waals surface area contributed by atoms with Crippen molar-refractivity contribution in [2.45, 2.75) is 91.1 Å². The molecule has 2 aliphatic rings. The quantitative estimate of drug-likeness (QED) is 0.798. The van der Waals surface area contributed by atoms with Crippen LogP contribution in [0.25, 0.3) is 0 Å². The number of primary amides is 1. The van der Waals surface area contributed by atoms with E-state index in [-0.39, 0.29) is 6.03 Å². The van der Waals surface area contributed by atoms with E-state index < -0.39 is 0 Å². The van der Waals surface area contributed by atoms with Crippen molar-refractivity contribution in [1.82, 2.24) is 4.90 Å². The van der Waals surface area contributed by atoms with Gasteiger partial charge in [-0.25, -0.2) is 4.79 Å². The number of urea groups is 1. The Kier molecular flexibility index (Phi) is 5.21. The Morgan fingerprint density at radius 3 is 1.71 bits per heavy atom. The normalized spacial score (nSPS) is 34.5. The minimum atomic E-state index is -0.186.